The van der Waals surface area contributed by atoms with Gasteiger partial charge in [-0.25, -0.2) is 0 Å². The number of carbonyl (C=O) groups excluding carboxylic acids is 2. The second-order valence-electron chi connectivity index (χ2n) is 6.25. The topological polar surface area (TPSA) is 105 Å². The summed E-state index contributed by atoms with van der Waals surface area (Å²) in [5, 5.41) is 0. The zero-order valence-corrected chi connectivity index (χ0v) is 15.3. The van der Waals surface area contributed by atoms with Crippen LogP contribution in [0.1, 0.15) is 24.0 Å². The van der Waals surface area contributed by atoms with Crippen molar-refractivity contribution in [3.8, 4) is 0 Å². The van der Waals surface area contributed by atoms with Gasteiger partial charge in [0.05, 0.1) is 5.92 Å². The minimum atomic E-state index is -1.09. The lowest BCUT2D eigenvalue weighted by molar-refractivity contribution is -0.158. The molecule has 0 aliphatic heterocycles. The predicted molar refractivity (Wildman–Crippen MR) is 102 cm³/mol. The van der Waals surface area contributed by atoms with E-state index in [0.717, 1.165) is 11.1 Å². The van der Waals surface area contributed by atoms with Crippen LogP contribution in [0.2, 0.25) is 0 Å². The van der Waals surface area contributed by atoms with Crippen molar-refractivity contribution in [3.05, 3.63) is 71.8 Å². The molecule has 0 amide bonds. The highest BCUT2D eigenvalue weighted by Gasteiger charge is 2.32. The van der Waals surface area contributed by atoms with Gasteiger partial charge in [-0.1, -0.05) is 60.7 Å². The first-order valence-corrected chi connectivity index (χ1v) is 8.98. The molecule has 2 rings (SSSR count). The highest BCUT2D eigenvalue weighted by Crippen LogP contribution is 2.16. The van der Waals surface area contributed by atoms with Gasteiger partial charge >= 0.3 is 11.9 Å². The van der Waals surface area contributed by atoms with Crippen LogP contribution in [0.5, 0.6) is 0 Å². The Morgan fingerprint density at radius 3 is 1.78 bits per heavy atom. The molecule has 0 heterocycles. The van der Waals surface area contributed by atoms with Gasteiger partial charge in [-0.2, -0.15) is 0 Å². The van der Waals surface area contributed by atoms with Gasteiger partial charge in [-0.3, -0.25) is 9.59 Å². The largest absolute Gasteiger partial charge is 0.461 e. The lowest BCUT2D eigenvalue weighted by Gasteiger charge is -2.21. The Morgan fingerprint density at radius 2 is 1.30 bits per heavy atom. The van der Waals surface area contributed by atoms with Crippen molar-refractivity contribution < 1.29 is 19.1 Å². The quantitative estimate of drug-likeness (QED) is 0.621. The number of benzene rings is 2. The Labute approximate surface area is 159 Å². The molecule has 0 aliphatic carbocycles. The van der Waals surface area contributed by atoms with E-state index in [4.69, 9.17) is 20.9 Å². The Bertz CT molecular complexity index is 707. The summed E-state index contributed by atoms with van der Waals surface area (Å²) in [5.74, 6) is -1.94. The Morgan fingerprint density at radius 1 is 0.815 bits per heavy atom. The molecule has 2 aromatic rings. The zero-order valence-electron chi connectivity index (χ0n) is 15.3. The van der Waals surface area contributed by atoms with Crippen LogP contribution in [0.3, 0.4) is 0 Å². The van der Waals surface area contributed by atoms with E-state index in [2.05, 4.69) is 0 Å². The molecule has 27 heavy (non-hydrogen) atoms. The first-order valence-electron chi connectivity index (χ1n) is 8.98. The average molecular weight is 370 g/mol. The summed E-state index contributed by atoms with van der Waals surface area (Å²) in [7, 11) is 0. The van der Waals surface area contributed by atoms with Gasteiger partial charge in [-0.15, -0.1) is 0 Å². The molecule has 0 spiro atoms. The third-order valence-corrected chi connectivity index (χ3v) is 4.18. The molecule has 144 valence electrons. The first-order chi connectivity index (χ1) is 13.1. The van der Waals surface area contributed by atoms with Gasteiger partial charge in [-0.05, 0) is 30.5 Å². The van der Waals surface area contributed by atoms with Crippen LogP contribution in [-0.2, 0) is 32.3 Å². The number of hydrogen-bond donors (Lipinski definition) is 2. The zero-order chi connectivity index (χ0) is 19.5. The summed E-state index contributed by atoms with van der Waals surface area (Å²) in [5.41, 5.74) is 13.3. The number of esters is 2. The molecule has 2 unspecified atom stereocenters. The maximum absolute atomic E-state index is 12.5. The van der Waals surface area contributed by atoms with E-state index >= 15 is 0 Å². The summed E-state index contributed by atoms with van der Waals surface area (Å²) >= 11 is 0. The monoisotopic (exact) mass is 370 g/mol. The third-order valence-electron chi connectivity index (χ3n) is 4.18. The lowest BCUT2D eigenvalue weighted by Crippen LogP contribution is -2.44. The van der Waals surface area contributed by atoms with Gasteiger partial charge in [0.15, 0.2) is 0 Å². The van der Waals surface area contributed by atoms with Gasteiger partial charge in [0, 0.05) is 0 Å². The van der Waals surface area contributed by atoms with Crippen molar-refractivity contribution in [2.24, 2.45) is 17.4 Å². The van der Waals surface area contributed by atoms with Crippen LogP contribution in [0.25, 0.3) is 0 Å². The fraction of sp³-hybridized carbons (Fsp3) is 0.333. The minimum Gasteiger partial charge on any atom is -0.461 e. The standard InChI is InChI=1S/C21H26N2O4/c22-13-7-12-18(20(24)26-14-16-8-3-1-4-9-16)19(23)21(25)27-15-17-10-5-2-6-11-17/h1-6,8-11,18-19H,7,12-15,22-23H2. The van der Waals surface area contributed by atoms with E-state index in [1.165, 1.54) is 0 Å². The number of rotatable bonds is 10. The highest BCUT2D eigenvalue weighted by molar-refractivity contribution is 5.84. The first kappa shape index (κ1) is 20.6. The van der Waals surface area contributed by atoms with Crippen LogP contribution >= 0.6 is 0 Å². The van der Waals surface area contributed by atoms with Crippen molar-refractivity contribution in [1.29, 1.82) is 0 Å². The summed E-state index contributed by atoms with van der Waals surface area (Å²) in [6.45, 7) is 0.634. The summed E-state index contributed by atoms with van der Waals surface area (Å²) < 4.78 is 10.6. The lowest BCUT2D eigenvalue weighted by atomic mass is 9.95. The van der Waals surface area contributed by atoms with Gasteiger partial charge in [0.2, 0.25) is 0 Å². The number of carbonyl (C=O) groups is 2. The van der Waals surface area contributed by atoms with E-state index in [1.807, 2.05) is 60.7 Å². The van der Waals surface area contributed by atoms with E-state index in [1.54, 1.807) is 0 Å². The molecule has 4 N–H and O–H groups in total. The molecule has 0 bridgehead atoms. The average Bonchev–Trinajstić information content (AvgIpc) is 2.72. The Kier molecular flexibility index (Phi) is 8.48. The Balaban J connectivity index is 1.93. The van der Waals surface area contributed by atoms with Crippen molar-refractivity contribution in [1.82, 2.24) is 0 Å². The molecule has 0 aliphatic rings. The van der Waals surface area contributed by atoms with E-state index in [-0.39, 0.29) is 13.2 Å². The molecular formula is C21H26N2O4. The molecular weight excluding hydrogens is 344 g/mol. The molecule has 6 nitrogen and oxygen atoms in total. The van der Waals surface area contributed by atoms with Crippen LogP contribution in [-0.4, -0.2) is 24.5 Å². The fourth-order valence-corrected chi connectivity index (χ4v) is 2.61. The van der Waals surface area contributed by atoms with E-state index in [0.29, 0.717) is 19.4 Å². The predicted octanol–water partition coefficient (Wildman–Crippen LogP) is 2.16. The molecule has 6 heteroatoms. The summed E-state index contributed by atoms with van der Waals surface area (Å²) in [6, 6.07) is 17.5. The third kappa shape index (κ3) is 6.84. The van der Waals surface area contributed by atoms with Gasteiger partial charge in [0.1, 0.15) is 19.3 Å². The van der Waals surface area contributed by atoms with Crippen molar-refractivity contribution in [2.75, 3.05) is 6.54 Å². The second-order valence-corrected chi connectivity index (χ2v) is 6.25. The molecule has 2 atom stereocenters. The second kappa shape index (κ2) is 11.1. The van der Waals surface area contributed by atoms with Crippen LogP contribution in [0.15, 0.2) is 60.7 Å². The molecule has 0 fully saturated rings. The molecule has 0 saturated heterocycles. The minimum absolute atomic E-state index is 0.107. The number of hydrogen-bond acceptors (Lipinski definition) is 6. The van der Waals surface area contributed by atoms with Crippen LogP contribution < -0.4 is 11.5 Å². The SMILES string of the molecule is NCCCC(C(=O)OCc1ccccc1)C(N)C(=O)OCc1ccccc1. The van der Waals surface area contributed by atoms with Crippen LogP contribution in [0, 0.1) is 5.92 Å². The maximum atomic E-state index is 12.5. The van der Waals surface area contributed by atoms with Crippen LogP contribution in [0.4, 0.5) is 0 Å². The fourth-order valence-electron chi connectivity index (χ4n) is 2.61. The highest BCUT2D eigenvalue weighted by atomic mass is 16.5. The maximum Gasteiger partial charge on any atom is 0.324 e. The molecule has 0 radical (unpaired) electrons. The van der Waals surface area contributed by atoms with Crippen molar-refractivity contribution in [3.63, 3.8) is 0 Å². The summed E-state index contributed by atoms with van der Waals surface area (Å²) in [4.78, 5) is 24.8. The summed E-state index contributed by atoms with van der Waals surface area (Å²) in [6.07, 6.45) is 0.927. The van der Waals surface area contributed by atoms with Gasteiger partial charge < -0.3 is 20.9 Å². The molecule has 2 aromatic carbocycles. The number of nitrogens with two attached hydrogens (primary N) is 2. The van der Waals surface area contributed by atoms with Gasteiger partial charge in [0.25, 0.3) is 0 Å². The normalized spacial score (nSPS) is 12.8. The molecule has 0 saturated carbocycles. The van der Waals surface area contributed by atoms with Crippen molar-refractivity contribution in [2.45, 2.75) is 32.1 Å². The molecule has 0 aromatic heterocycles. The van der Waals surface area contributed by atoms with Crippen molar-refractivity contribution >= 4 is 11.9 Å². The van der Waals surface area contributed by atoms with E-state index in [9.17, 15) is 9.59 Å². The number of ether oxygens (including phenoxy) is 2. The Hall–Kier alpha value is -2.70. The van der Waals surface area contributed by atoms with E-state index < -0.39 is 23.9 Å². The smallest absolute Gasteiger partial charge is 0.324 e.